The quantitative estimate of drug-likeness (QED) is 0.112. The van der Waals surface area contributed by atoms with Gasteiger partial charge in [0.1, 0.15) is 18.8 Å². The van der Waals surface area contributed by atoms with Gasteiger partial charge in [-0.3, -0.25) is 19.2 Å². The molecule has 1 aliphatic heterocycles. The van der Waals surface area contributed by atoms with Crippen molar-refractivity contribution in [2.75, 3.05) is 19.8 Å². The normalized spacial score (nSPS) is 24.6. The summed E-state index contributed by atoms with van der Waals surface area (Å²) < 4.78 is 27.4. The van der Waals surface area contributed by atoms with Crippen molar-refractivity contribution in [3.05, 3.63) is 10.4 Å². The topological polar surface area (TPSA) is 175 Å². The smallest absolute Gasteiger partial charge is 0.303 e. The largest absolute Gasteiger partial charge is 0.463 e. The zero-order valence-corrected chi connectivity index (χ0v) is 18.6. The van der Waals surface area contributed by atoms with Gasteiger partial charge >= 0.3 is 17.9 Å². The fourth-order valence-corrected chi connectivity index (χ4v) is 3.14. The highest BCUT2D eigenvalue weighted by atomic mass is 16.7. The number of nitrogens with zero attached hydrogens (tertiary/aromatic N) is 3. The minimum absolute atomic E-state index is 0.225. The number of rotatable bonds is 12. The average molecular weight is 458 g/mol. The van der Waals surface area contributed by atoms with Gasteiger partial charge in [-0.15, -0.1) is 0 Å². The number of nitrogens with one attached hydrogen (secondary N) is 1. The molecule has 0 aromatic heterocycles. The van der Waals surface area contributed by atoms with Crippen molar-refractivity contribution in [1.29, 1.82) is 0 Å². The van der Waals surface area contributed by atoms with Gasteiger partial charge in [-0.05, 0) is 18.4 Å². The van der Waals surface area contributed by atoms with Crippen LogP contribution in [0.3, 0.4) is 0 Å². The maximum Gasteiger partial charge on any atom is 0.303 e. The second kappa shape index (κ2) is 14.2. The van der Waals surface area contributed by atoms with Gasteiger partial charge in [0.2, 0.25) is 5.91 Å². The summed E-state index contributed by atoms with van der Waals surface area (Å²) in [4.78, 5) is 49.2. The van der Waals surface area contributed by atoms with Crippen LogP contribution in [-0.4, -0.2) is 74.2 Å². The number of unbranched alkanes of at least 4 members (excludes halogenated alkanes) is 2. The molecule has 0 aliphatic carbocycles. The summed E-state index contributed by atoms with van der Waals surface area (Å²) >= 11 is 0. The van der Waals surface area contributed by atoms with Crippen molar-refractivity contribution in [3.8, 4) is 0 Å². The zero-order chi connectivity index (χ0) is 24.1. The van der Waals surface area contributed by atoms with Crippen LogP contribution < -0.4 is 5.32 Å². The molecule has 0 radical (unpaired) electrons. The fourth-order valence-electron chi connectivity index (χ4n) is 3.14. The Labute approximate surface area is 185 Å². The molecular weight excluding hydrogens is 428 g/mol. The first kappa shape index (κ1) is 27.1. The lowest BCUT2D eigenvalue weighted by Gasteiger charge is -2.44. The van der Waals surface area contributed by atoms with Crippen LogP contribution in [0.4, 0.5) is 0 Å². The molecule has 180 valence electrons. The van der Waals surface area contributed by atoms with E-state index in [1.54, 1.807) is 0 Å². The molecule has 1 unspecified atom stereocenters. The molecule has 1 fully saturated rings. The molecule has 0 aromatic rings. The SMILES string of the molecule is CC(=O)N[C@H]1[C@H](OCCCCCN=[N+]=[N-])OC(COC(C)=O)[C@H](OC(C)=O)[C@@H]1OC(C)=O. The molecule has 1 aliphatic rings. The zero-order valence-electron chi connectivity index (χ0n) is 18.6. The summed E-state index contributed by atoms with van der Waals surface area (Å²) in [5.41, 5.74) is 8.29. The van der Waals surface area contributed by atoms with Crippen molar-refractivity contribution >= 4 is 23.8 Å². The van der Waals surface area contributed by atoms with E-state index in [1.807, 2.05) is 0 Å². The third-order valence-electron chi connectivity index (χ3n) is 4.32. The van der Waals surface area contributed by atoms with E-state index in [4.69, 9.17) is 29.2 Å². The maximum atomic E-state index is 11.8. The monoisotopic (exact) mass is 458 g/mol. The van der Waals surface area contributed by atoms with Crippen molar-refractivity contribution in [2.45, 2.75) is 77.6 Å². The Kier molecular flexibility index (Phi) is 12.1. The van der Waals surface area contributed by atoms with E-state index in [2.05, 4.69) is 15.3 Å². The fraction of sp³-hybridized carbons (Fsp3) is 0.789. The summed E-state index contributed by atoms with van der Waals surface area (Å²) in [5, 5.41) is 6.08. The number of hydrogen-bond acceptors (Lipinski definition) is 10. The van der Waals surface area contributed by atoms with Gasteiger partial charge in [0.15, 0.2) is 18.5 Å². The number of amides is 1. The molecule has 13 heteroatoms. The molecule has 1 heterocycles. The number of carbonyl (C=O) groups is 4. The van der Waals surface area contributed by atoms with E-state index < -0.39 is 54.5 Å². The number of carbonyl (C=O) groups excluding carboxylic acids is 4. The molecule has 1 N–H and O–H groups in total. The molecule has 1 amide bonds. The van der Waals surface area contributed by atoms with Gasteiger partial charge in [-0.2, -0.15) is 0 Å². The summed E-state index contributed by atoms with van der Waals surface area (Å²) in [6.07, 6.45) is -2.39. The number of esters is 3. The molecule has 1 rings (SSSR count). The number of hydrogen-bond donors (Lipinski definition) is 1. The van der Waals surface area contributed by atoms with Crippen LogP contribution in [0.1, 0.15) is 47.0 Å². The van der Waals surface area contributed by atoms with E-state index >= 15 is 0 Å². The van der Waals surface area contributed by atoms with Crippen molar-refractivity contribution in [1.82, 2.24) is 5.32 Å². The minimum Gasteiger partial charge on any atom is -0.463 e. The highest BCUT2D eigenvalue weighted by Crippen LogP contribution is 2.28. The first-order chi connectivity index (χ1) is 15.1. The first-order valence-electron chi connectivity index (χ1n) is 10.2. The van der Waals surface area contributed by atoms with Crippen LogP contribution in [0.5, 0.6) is 0 Å². The molecular formula is C19H30N4O9. The summed E-state index contributed by atoms with van der Waals surface area (Å²) in [7, 11) is 0. The van der Waals surface area contributed by atoms with E-state index in [9.17, 15) is 19.2 Å². The molecule has 5 atom stereocenters. The lowest BCUT2D eigenvalue weighted by Crippen LogP contribution is -2.66. The van der Waals surface area contributed by atoms with Crippen molar-refractivity contribution < 1.29 is 42.9 Å². The van der Waals surface area contributed by atoms with Crippen molar-refractivity contribution in [3.63, 3.8) is 0 Å². The Balaban J connectivity index is 3.05. The van der Waals surface area contributed by atoms with Gasteiger partial charge in [0.05, 0.1) is 0 Å². The highest BCUT2D eigenvalue weighted by molar-refractivity contribution is 5.73. The lowest BCUT2D eigenvalue weighted by molar-refractivity contribution is -0.277. The minimum atomic E-state index is -1.16. The molecule has 0 saturated carbocycles. The van der Waals surface area contributed by atoms with Gasteiger partial charge in [0.25, 0.3) is 0 Å². The molecule has 13 nitrogen and oxygen atoms in total. The van der Waals surface area contributed by atoms with E-state index in [-0.39, 0.29) is 13.2 Å². The lowest BCUT2D eigenvalue weighted by atomic mass is 9.96. The summed E-state index contributed by atoms with van der Waals surface area (Å²) in [6, 6.07) is -0.988. The molecule has 0 bridgehead atoms. The van der Waals surface area contributed by atoms with Crippen LogP contribution in [0.25, 0.3) is 10.4 Å². The average Bonchev–Trinajstić information content (AvgIpc) is 2.68. The Morgan fingerprint density at radius 2 is 1.62 bits per heavy atom. The van der Waals surface area contributed by atoms with Gasteiger partial charge in [0, 0.05) is 45.8 Å². The van der Waals surface area contributed by atoms with E-state index in [0.717, 1.165) is 6.42 Å². The third-order valence-corrected chi connectivity index (χ3v) is 4.32. The standard InChI is InChI=1S/C19H30N4O9/c1-11(24)22-16-18(31-14(4)27)17(30-13(3)26)15(10-29-12(2)25)32-19(16)28-9-7-5-6-8-21-23-20/h15-19H,5-10H2,1-4H3,(H,22,24)/t15?,16-,17+,18-,19-/m1/s1. The molecule has 0 aromatic carbocycles. The number of azide groups is 1. The van der Waals surface area contributed by atoms with Gasteiger partial charge in [-0.1, -0.05) is 11.5 Å². The van der Waals surface area contributed by atoms with Gasteiger partial charge < -0.3 is 29.0 Å². The van der Waals surface area contributed by atoms with Crippen molar-refractivity contribution in [2.24, 2.45) is 5.11 Å². The third kappa shape index (κ3) is 9.94. The summed E-state index contributed by atoms with van der Waals surface area (Å²) in [6.45, 7) is 5.12. The van der Waals surface area contributed by atoms with Gasteiger partial charge in [-0.25, -0.2) is 0 Å². The molecule has 32 heavy (non-hydrogen) atoms. The highest BCUT2D eigenvalue weighted by Gasteiger charge is 2.51. The van der Waals surface area contributed by atoms with Crippen LogP contribution in [0.15, 0.2) is 5.11 Å². The predicted molar refractivity (Wildman–Crippen MR) is 108 cm³/mol. The van der Waals surface area contributed by atoms with E-state index in [0.29, 0.717) is 19.4 Å². The Morgan fingerprint density at radius 1 is 0.969 bits per heavy atom. The second-order valence-corrected chi connectivity index (χ2v) is 7.11. The van der Waals surface area contributed by atoms with Crippen LogP contribution >= 0.6 is 0 Å². The van der Waals surface area contributed by atoms with Crippen LogP contribution in [-0.2, 0) is 42.9 Å². The maximum absolute atomic E-state index is 11.8. The van der Waals surface area contributed by atoms with Crippen LogP contribution in [0, 0.1) is 0 Å². The number of ether oxygens (including phenoxy) is 5. The van der Waals surface area contributed by atoms with E-state index in [1.165, 1.54) is 27.7 Å². The Hall–Kier alpha value is -2.89. The first-order valence-corrected chi connectivity index (χ1v) is 10.2. The Bertz CT molecular complexity index is 711. The summed E-state index contributed by atoms with van der Waals surface area (Å²) in [5.74, 6) is -2.38. The predicted octanol–water partition coefficient (Wildman–Crippen LogP) is 1.14. The van der Waals surface area contributed by atoms with Crippen LogP contribution in [0.2, 0.25) is 0 Å². The Morgan fingerprint density at radius 3 is 2.19 bits per heavy atom. The second-order valence-electron chi connectivity index (χ2n) is 7.11. The molecule has 0 spiro atoms. The molecule has 1 saturated heterocycles.